The first-order chi connectivity index (χ1) is 8.97. The van der Waals surface area contributed by atoms with Gasteiger partial charge in [-0.15, -0.1) is 0 Å². The minimum atomic E-state index is -0.613. The highest BCUT2D eigenvalue weighted by Gasteiger charge is 2.16. The van der Waals surface area contributed by atoms with Crippen molar-refractivity contribution < 1.29 is 9.72 Å². The Morgan fingerprint density at radius 1 is 1.53 bits per heavy atom. The lowest BCUT2D eigenvalue weighted by molar-refractivity contribution is -0.389. The van der Waals surface area contributed by atoms with E-state index >= 15 is 0 Å². The summed E-state index contributed by atoms with van der Waals surface area (Å²) >= 11 is 5.84. The highest BCUT2D eigenvalue weighted by atomic mass is 35.5. The second kappa shape index (κ2) is 5.07. The Morgan fingerprint density at radius 2 is 2.26 bits per heavy atom. The molecule has 0 saturated heterocycles. The molecule has 2 N–H and O–H groups in total. The smallest absolute Gasteiger partial charge is 0.321 e. The van der Waals surface area contributed by atoms with Gasteiger partial charge in [-0.2, -0.15) is 0 Å². The highest BCUT2D eigenvalue weighted by Crippen LogP contribution is 2.21. The molecule has 0 unspecified atom stereocenters. The molecule has 2 heterocycles. The van der Waals surface area contributed by atoms with E-state index in [4.69, 9.17) is 11.6 Å². The van der Waals surface area contributed by atoms with Gasteiger partial charge in [-0.3, -0.25) is 4.79 Å². The van der Waals surface area contributed by atoms with E-state index in [0.29, 0.717) is 5.69 Å². The third kappa shape index (κ3) is 2.89. The number of rotatable bonds is 3. The number of aryl methyl sites for hydroxylation is 1. The van der Waals surface area contributed by atoms with Crippen molar-refractivity contribution in [2.45, 2.75) is 6.92 Å². The van der Waals surface area contributed by atoms with Crippen LogP contribution in [0, 0.1) is 17.0 Å². The van der Waals surface area contributed by atoms with Crippen LogP contribution >= 0.6 is 11.6 Å². The fraction of sp³-hybridized carbons (Fsp3) is 0.0909. The van der Waals surface area contributed by atoms with Crippen molar-refractivity contribution >= 4 is 29.0 Å². The normalized spacial score (nSPS) is 10.2. The maximum absolute atomic E-state index is 11.9. The average molecular weight is 281 g/mol. The van der Waals surface area contributed by atoms with Crippen molar-refractivity contribution in [3.63, 3.8) is 0 Å². The van der Waals surface area contributed by atoms with Gasteiger partial charge in [0.25, 0.3) is 5.91 Å². The van der Waals surface area contributed by atoms with Crippen LogP contribution in [0.4, 0.5) is 11.5 Å². The van der Waals surface area contributed by atoms with Gasteiger partial charge in [-0.25, -0.2) is 9.97 Å². The largest absolute Gasteiger partial charge is 0.358 e. The number of aromatic nitrogens is 2. The molecule has 1 amide bonds. The number of hydrogen-bond donors (Lipinski definition) is 2. The zero-order chi connectivity index (χ0) is 14.0. The van der Waals surface area contributed by atoms with Crippen LogP contribution in [-0.4, -0.2) is 20.8 Å². The second-order valence-corrected chi connectivity index (χ2v) is 4.18. The van der Waals surface area contributed by atoms with Crippen LogP contribution in [0.5, 0.6) is 0 Å². The average Bonchev–Trinajstić information content (AvgIpc) is 2.83. The van der Waals surface area contributed by atoms with E-state index in [1.165, 1.54) is 12.1 Å². The Balaban J connectivity index is 2.20. The maximum atomic E-state index is 11.9. The van der Waals surface area contributed by atoms with E-state index in [2.05, 4.69) is 15.3 Å². The zero-order valence-electron chi connectivity index (χ0n) is 9.81. The number of carbonyl (C=O) groups is 1. The first-order valence-electron chi connectivity index (χ1n) is 5.24. The Hall–Kier alpha value is -2.41. The SMILES string of the molecule is Cc1cnc(Cl)c(NC(=O)c2ccc([N+](=O)[O-])[nH]2)c1. The van der Waals surface area contributed by atoms with Crippen molar-refractivity contribution in [3.8, 4) is 0 Å². The van der Waals surface area contributed by atoms with Gasteiger partial charge in [0.1, 0.15) is 0 Å². The van der Waals surface area contributed by atoms with Crippen LogP contribution in [-0.2, 0) is 0 Å². The maximum Gasteiger partial charge on any atom is 0.321 e. The summed E-state index contributed by atoms with van der Waals surface area (Å²) in [6, 6.07) is 4.19. The third-order valence-corrected chi connectivity index (χ3v) is 2.64. The van der Waals surface area contributed by atoms with Crippen molar-refractivity contribution in [1.82, 2.24) is 9.97 Å². The van der Waals surface area contributed by atoms with E-state index in [-0.39, 0.29) is 16.7 Å². The van der Waals surface area contributed by atoms with Gasteiger partial charge in [-0.1, -0.05) is 11.6 Å². The van der Waals surface area contributed by atoms with Gasteiger partial charge in [0.05, 0.1) is 5.69 Å². The molecule has 0 aliphatic heterocycles. The molecule has 19 heavy (non-hydrogen) atoms. The lowest BCUT2D eigenvalue weighted by Crippen LogP contribution is -2.13. The summed E-state index contributed by atoms with van der Waals surface area (Å²) in [5, 5.41) is 13.2. The van der Waals surface area contributed by atoms with E-state index in [9.17, 15) is 14.9 Å². The highest BCUT2D eigenvalue weighted by molar-refractivity contribution is 6.32. The number of pyridine rings is 1. The Labute approximate surface area is 112 Å². The van der Waals surface area contributed by atoms with Crippen LogP contribution in [0.3, 0.4) is 0 Å². The quantitative estimate of drug-likeness (QED) is 0.512. The minimum Gasteiger partial charge on any atom is -0.358 e. The number of hydrogen-bond acceptors (Lipinski definition) is 4. The topological polar surface area (TPSA) is 101 Å². The van der Waals surface area contributed by atoms with E-state index < -0.39 is 10.8 Å². The molecule has 0 radical (unpaired) electrons. The van der Waals surface area contributed by atoms with Crippen LogP contribution in [0.2, 0.25) is 5.15 Å². The first kappa shape index (κ1) is 13.0. The molecule has 0 bridgehead atoms. The molecule has 0 aliphatic rings. The second-order valence-electron chi connectivity index (χ2n) is 3.82. The fourth-order valence-electron chi connectivity index (χ4n) is 1.45. The molecule has 0 spiro atoms. The Morgan fingerprint density at radius 3 is 2.89 bits per heavy atom. The van der Waals surface area contributed by atoms with Crippen molar-refractivity contribution in [3.05, 3.63) is 50.9 Å². The summed E-state index contributed by atoms with van der Waals surface area (Å²) in [6.45, 7) is 1.80. The van der Waals surface area contributed by atoms with Crippen molar-refractivity contribution in [1.29, 1.82) is 0 Å². The summed E-state index contributed by atoms with van der Waals surface area (Å²) in [5.74, 6) is -0.777. The molecule has 0 atom stereocenters. The lowest BCUT2D eigenvalue weighted by Gasteiger charge is -2.05. The molecular weight excluding hydrogens is 272 g/mol. The van der Waals surface area contributed by atoms with Gasteiger partial charge in [0, 0.05) is 12.3 Å². The summed E-state index contributed by atoms with van der Waals surface area (Å²) in [6.07, 6.45) is 1.57. The summed E-state index contributed by atoms with van der Waals surface area (Å²) in [5.41, 5.74) is 1.25. The predicted octanol–water partition coefficient (Wildman–Crippen LogP) is 2.53. The number of H-pyrrole nitrogens is 1. The first-order valence-corrected chi connectivity index (χ1v) is 5.62. The molecule has 98 valence electrons. The predicted molar refractivity (Wildman–Crippen MR) is 69.4 cm³/mol. The van der Waals surface area contributed by atoms with Crippen LogP contribution in [0.25, 0.3) is 0 Å². The van der Waals surface area contributed by atoms with Gasteiger partial charge >= 0.3 is 5.82 Å². The number of nitro groups is 1. The molecule has 0 saturated carbocycles. The molecule has 0 aliphatic carbocycles. The Bertz CT molecular complexity index is 653. The number of nitrogens with zero attached hydrogens (tertiary/aromatic N) is 2. The lowest BCUT2D eigenvalue weighted by atomic mass is 10.3. The number of amides is 1. The number of nitrogens with one attached hydrogen (secondary N) is 2. The summed E-state index contributed by atoms with van der Waals surface area (Å²) < 4.78 is 0. The molecule has 0 aromatic carbocycles. The molecule has 7 nitrogen and oxygen atoms in total. The number of halogens is 1. The van der Waals surface area contributed by atoms with Crippen LogP contribution in [0.1, 0.15) is 16.1 Å². The molecular formula is C11H9ClN4O3. The number of anilines is 1. The van der Waals surface area contributed by atoms with Gasteiger partial charge in [0.2, 0.25) is 0 Å². The van der Waals surface area contributed by atoms with Crippen LogP contribution in [0.15, 0.2) is 24.4 Å². The zero-order valence-corrected chi connectivity index (χ0v) is 10.6. The summed E-state index contributed by atoms with van der Waals surface area (Å²) in [4.78, 5) is 28.0. The minimum absolute atomic E-state index is 0.0734. The molecule has 2 aromatic rings. The molecule has 2 aromatic heterocycles. The standard InChI is InChI=1S/C11H9ClN4O3/c1-6-4-8(10(12)13-5-6)15-11(17)7-2-3-9(14-7)16(18)19/h2-5,14H,1H3,(H,15,17). The van der Waals surface area contributed by atoms with Crippen molar-refractivity contribution in [2.75, 3.05) is 5.32 Å². The molecule has 0 fully saturated rings. The molecule has 8 heteroatoms. The third-order valence-electron chi connectivity index (χ3n) is 2.34. The van der Waals surface area contributed by atoms with E-state index in [1.807, 2.05) is 0 Å². The fourth-order valence-corrected chi connectivity index (χ4v) is 1.60. The van der Waals surface area contributed by atoms with Crippen LogP contribution < -0.4 is 5.32 Å². The Kier molecular flexibility index (Phi) is 3.48. The van der Waals surface area contributed by atoms with Gasteiger partial charge in [-0.05, 0) is 29.5 Å². The molecule has 2 rings (SSSR count). The number of aromatic amines is 1. The monoisotopic (exact) mass is 280 g/mol. The number of carbonyl (C=O) groups excluding carboxylic acids is 1. The summed E-state index contributed by atoms with van der Waals surface area (Å²) in [7, 11) is 0. The van der Waals surface area contributed by atoms with Gasteiger partial charge < -0.3 is 15.4 Å². The van der Waals surface area contributed by atoms with E-state index in [0.717, 1.165) is 5.56 Å². The van der Waals surface area contributed by atoms with Gasteiger partial charge in [0.15, 0.2) is 10.8 Å². The van der Waals surface area contributed by atoms with E-state index in [1.54, 1.807) is 19.2 Å². The van der Waals surface area contributed by atoms with Crippen molar-refractivity contribution in [2.24, 2.45) is 0 Å².